The van der Waals surface area contributed by atoms with Gasteiger partial charge in [0.1, 0.15) is 6.10 Å². The van der Waals surface area contributed by atoms with Crippen molar-refractivity contribution in [2.24, 2.45) is 0 Å². The predicted octanol–water partition coefficient (Wildman–Crippen LogP) is 2.37. The van der Waals surface area contributed by atoms with E-state index >= 15 is 0 Å². The van der Waals surface area contributed by atoms with Gasteiger partial charge in [-0.25, -0.2) is 0 Å². The molecule has 2 heterocycles. The molecule has 1 aromatic rings. The van der Waals surface area contributed by atoms with Crippen molar-refractivity contribution < 1.29 is 9.53 Å². The minimum atomic E-state index is -0.216. The van der Waals surface area contributed by atoms with E-state index in [9.17, 15) is 4.79 Å². The Kier molecular flexibility index (Phi) is 3.26. The second-order valence-electron chi connectivity index (χ2n) is 3.21. The number of rotatable bonds is 2. The van der Waals surface area contributed by atoms with Crippen LogP contribution in [0.2, 0.25) is 0 Å². The smallest absolute Gasteiger partial charge is 0.202 e. The molecule has 1 atom stereocenters. The summed E-state index contributed by atoms with van der Waals surface area (Å²) in [6, 6.07) is 3.87. The average molecular weight is 228 g/mol. The number of ketones is 1. The van der Waals surface area contributed by atoms with Gasteiger partial charge in [-0.2, -0.15) is 11.8 Å². The number of hydrogen-bond acceptors (Lipinski definition) is 4. The third kappa shape index (κ3) is 2.19. The number of carbonyl (C=O) groups is 1. The van der Waals surface area contributed by atoms with Crippen LogP contribution in [0.5, 0.6) is 0 Å². The lowest BCUT2D eigenvalue weighted by Crippen LogP contribution is -2.30. The van der Waals surface area contributed by atoms with Crippen LogP contribution in [-0.4, -0.2) is 30.0 Å². The summed E-state index contributed by atoms with van der Waals surface area (Å²) in [6.07, 6.45) is -0.216. The number of ether oxygens (including phenoxy) is 1. The van der Waals surface area contributed by atoms with Crippen molar-refractivity contribution >= 4 is 28.9 Å². The van der Waals surface area contributed by atoms with E-state index < -0.39 is 0 Å². The van der Waals surface area contributed by atoms with E-state index in [1.54, 1.807) is 23.1 Å². The molecule has 76 valence electrons. The van der Waals surface area contributed by atoms with E-state index in [0.717, 1.165) is 16.4 Å². The quantitative estimate of drug-likeness (QED) is 0.727. The molecule has 0 aliphatic carbocycles. The van der Waals surface area contributed by atoms with Gasteiger partial charge in [-0.1, -0.05) is 0 Å². The molecule has 0 bridgehead atoms. The third-order valence-electron chi connectivity index (χ3n) is 2.09. The number of Topliss-reactive ketones (excluding diaryl/α,β-unsaturated/α-hetero) is 1. The van der Waals surface area contributed by atoms with Crippen LogP contribution in [0.1, 0.15) is 14.5 Å². The van der Waals surface area contributed by atoms with E-state index in [1.165, 1.54) is 4.88 Å². The highest BCUT2D eigenvalue weighted by atomic mass is 32.2. The summed E-state index contributed by atoms with van der Waals surface area (Å²) >= 11 is 3.34. The SMILES string of the molecule is Cc1ccc(C(=O)C2CSCCO2)s1. The molecule has 1 unspecified atom stereocenters. The molecule has 4 heteroatoms. The fraction of sp³-hybridized carbons (Fsp3) is 0.500. The molecule has 1 fully saturated rings. The number of thioether (sulfide) groups is 1. The Balaban J connectivity index is 2.07. The standard InChI is InChI=1S/C10H12O2S2/c1-7-2-3-9(14-7)10(11)8-6-13-5-4-12-8/h2-3,8H,4-6H2,1H3. The fourth-order valence-corrected chi connectivity index (χ4v) is 3.06. The Morgan fingerprint density at radius 1 is 1.57 bits per heavy atom. The van der Waals surface area contributed by atoms with Gasteiger partial charge in [-0.05, 0) is 19.1 Å². The summed E-state index contributed by atoms with van der Waals surface area (Å²) in [7, 11) is 0. The molecule has 1 aliphatic heterocycles. The van der Waals surface area contributed by atoms with E-state index in [4.69, 9.17) is 4.74 Å². The highest BCUT2D eigenvalue weighted by Crippen LogP contribution is 2.21. The van der Waals surface area contributed by atoms with Gasteiger partial charge < -0.3 is 4.74 Å². The summed E-state index contributed by atoms with van der Waals surface area (Å²) in [5, 5.41) is 0. The molecular formula is C10H12O2S2. The van der Waals surface area contributed by atoms with Gasteiger partial charge in [0.15, 0.2) is 0 Å². The van der Waals surface area contributed by atoms with Crippen molar-refractivity contribution in [1.82, 2.24) is 0 Å². The lowest BCUT2D eigenvalue weighted by molar-refractivity contribution is 0.0523. The Labute approximate surface area is 91.7 Å². The molecule has 1 aromatic heterocycles. The lowest BCUT2D eigenvalue weighted by Gasteiger charge is -2.20. The molecule has 14 heavy (non-hydrogen) atoms. The molecular weight excluding hydrogens is 216 g/mol. The molecule has 1 saturated heterocycles. The molecule has 2 rings (SSSR count). The maximum Gasteiger partial charge on any atom is 0.202 e. The highest BCUT2D eigenvalue weighted by molar-refractivity contribution is 7.99. The van der Waals surface area contributed by atoms with Crippen LogP contribution in [0.25, 0.3) is 0 Å². The van der Waals surface area contributed by atoms with Gasteiger partial charge in [0, 0.05) is 16.4 Å². The number of thiophene rings is 1. The Morgan fingerprint density at radius 2 is 2.43 bits per heavy atom. The van der Waals surface area contributed by atoms with Gasteiger partial charge in [-0.15, -0.1) is 11.3 Å². The molecule has 0 saturated carbocycles. The number of hydrogen-bond donors (Lipinski definition) is 0. The van der Waals surface area contributed by atoms with Gasteiger partial charge in [0.2, 0.25) is 5.78 Å². The summed E-state index contributed by atoms with van der Waals surface area (Å²) in [4.78, 5) is 13.9. The van der Waals surface area contributed by atoms with Gasteiger partial charge >= 0.3 is 0 Å². The largest absolute Gasteiger partial charge is 0.368 e. The number of carbonyl (C=O) groups excluding carboxylic acids is 1. The molecule has 0 spiro atoms. The first-order valence-electron chi connectivity index (χ1n) is 4.57. The summed E-state index contributed by atoms with van der Waals surface area (Å²) < 4.78 is 5.44. The van der Waals surface area contributed by atoms with E-state index in [-0.39, 0.29) is 11.9 Å². The van der Waals surface area contributed by atoms with Crippen molar-refractivity contribution in [3.8, 4) is 0 Å². The first kappa shape index (κ1) is 10.2. The normalized spacial score (nSPS) is 22.2. The Bertz CT molecular complexity index is 327. The van der Waals surface area contributed by atoms with Crippen molar-refractivity contribution in [3.63, 3.8) is 0 Å². The van der Waals surface area contributed by atoms with E-state index in [1.807, 2.05) is 19.1 Å². The summed E-state index contributed by atoms with van der Waals surface area (Å²) in [6.45, 7) is 2.71. The van der Waals surface area contributed by atoms with Crippen LogP contribution in [0.15, 0.2) is 12.1 Å². The zero-order valence-electron chi connectivity index (χ0n) is 7.99. The first-order chi connectivity index (χ1) is 6.77. The maximum atomic E-state index is 11.9. The molecule has 2 nitrogen and oxygen atoms in total. The van der Waals surface area contributed by atoms with Crippen LogP contribution < -0.4 is 0 Å². The van der Waals surface area contributed by atoms with Crippen LogP contribution in [0, 0.1) is 6.92 Å². The van der Waals surface area contributed by atoms with Crippen LogP contribution in [0.4, 0.5) is 0 Å². The van der Waals surface area contributed by atoms with Crippen LogP contribution >= 0.6 is 23.1 Å². The molecule has 0 amide bonds. The van der Waals surface area contributed by atoms with Gasteiger partial charge in [0.05, 0.1) is 11.5 Å². The maximum absolute atomic E-state index is 11.9. The Hall–Kier alpha value is -0.320. The van der Waals surface area contributed by atoms with Crippen LogP contribution in [-0.2, 0) is 4.74 Å². The molecule has 1 aliphatic rings. The molecule has 0 N–H and O–H groups in total. The number of aryl methyl sites for hydroxylation is 1. The van der Waals surface area contributed by atoms with E-state index in [0.29, 0.717) is 6.61 Å². The lowest BCUT2D eigenvalue weighted by atomic mass is 10.2. The van der Waals surface area contributed by atoms with E-state index in [2.05, 4.69) is 0 Å². The summed E-state index contributed by atoms with van der Waals surface area (Å²) in [5.41, 5.74) is 0. The predicted molar refractivity (Wildman–Crippen MR) is 60.5 cm³/mol. The molecule has 0 radical (unpaired) electrons. The minimum Gasteiger partial charge on any atom is -0.368 e. The van der Waals surface area contributed by atoms with Gasteiger partial charge in [0.25, 0.3) is 0 Å². The Morgan fingerprint density at radius 3 is 3.00 bits per heavy atom. The zero-order chi connectivity index (χ0) is 9.97. The van der Waals surface area contributed by atoms with Crippen LogP contribution in [0.3, 0.4) is 0 Å². The third-order valence-corrected chi connectivity index (χ3v) is 4.10. The highest BCUT2D eigenvalue weighted by Gasteiger charge is 2.24. The fourth-order valence-electron chi connectivity index (χ4n) is 1.36. The van der Waals surface area contributed by atoms with Crippen molar-refractivity contribution in [2.75, 3.05) is 18.1 Å². The van der Waals surface area contributed by atoms with Crippen molar-refractivity contribution in [2.45, 2.75) is 13.0 Å². The van der Waals surface area contributed by atoms with Gasteiger partial charge in [-0.3, -0.25) is 4.79 Å². The monoisotopic (exact) mass is 228 g/mol. The zero-order valence-corrected chi connectivity index (χ0v) is 9.62. The first-order valence-corrected chi connectivity index (χ1v) is 6.54. The molecule has 0 aromatic carbocycles. The summed E-state index contributed by atoms with van der Waals surface area (Å²) in [5.74, 6) is 1.96. The average Bonchev–Trinajstić information content (AvgIpc) is 2.65. The van der Waals surface area contributed by atoms with Crippen molar-refractivity contribution in [3.05, 3.63) is 21.9 Å². The minimum absolute atomic E-state index is 0.148. The topological polar surface area (TPSA) is 26.3 Å². The van der Waals surface area contributed by atoms with Crippen molar-refractivity contribution in [1.29, 1.82) is 0 Å². The second-order valence-corrected chi connectivity index (χ2v) is 5.65. The second kappa shape index (κ2) is 4.47.